The number of nitrogens with zero attached hydrogens (tertiary/aromatic N) is 2. The average Bonchev–Trinajstić information content (AvgIpc) is 3.09. The van der Waals surface area contributed by atoms with Crippen molar-refractivity contribution in [1.29, 1.82) is 0 Å². The molecule has 0 radical (unpaired) electrons. The molecule has 30 heavy (non-hydrogen) atoms. The number of rotatable bonds is 6. The van der Waals surface area contributed by atoms with Crippen LogP contribution < -0.4 is 10.6 Å². The van der Waals surface area contributed by atoms with Crippen molar-refractivity contribution < 1.29 is 4.79 Å². The number of imidazole rings is 1. The van der Waals surface area contributed by atoms with Crippen LogP contribution in [0.25, 0.3) is 11.0 Å². The zero-order chi connectivity index (χ0) is 20.9. The van der Waals surface area contributed by atoms with E-state index in [1.165, 1.54) is 0 Å². The summed E-state index contributed by atoms with van der Waals surface area (Å²) in [5.41, 5.74) is 6.07. The van der Waals surface area contributed by atoms with E-state index in [0.29, 0.717) is 0 Å². The van der Waals surface area contributed by atoms with Crippen LogP contribution in [0.3, 0.4) is 0 Å². The number of benzene rings is 3. The highest BCUT2D eigenvalue weighted by atomic mass is 16.2. The number of aryl methyl sites for hydroxylation is 4. The molecule has 2 amide bonds. The molecule has 0 atom stereocenters. The molecule has 0 unspecified atom stereocenters. The van der Waals surface area contributed by atoms with Gasteiger partial charge in [-0.3, -0.25) is 0 Å². The maximum Gasteiger partial charge on any atom is 0.323 e. The number of amides is 2. The molecule has 2 N–H and O–H groups in total. The molecular weight excluding hydrogens is 372 g/mol. The van der Waals surface area contributed by atoms with E-state index in [0.717, 1.165) is 58.6 Å². The predicted octanol–water partition coefficient (Wildman–Crippen LogP) is 5.56. The molecule has 1 heterocycles. The number of para-hydroxylation sites is 3. The van der Waals surface area contributed by atoms with Gasteiger partial charge in [0.1, 0.15) is 5.82 Å². The second kappa shape index (κ2) is 8.82. The maximum absolute atomic E-state index is 12.4. The number of fused-ring (bicyclic) bond motifs is 1. The molecule has 0 aliphatic rings. The maximum atomic E-state index is 12.4. The quantitative estimate of drug-likeness (QED) is 0.446. The fourth-order valence-corrected chi connectivity index (χ4v) is 3.71. The monoisotopic (exact) mass is 398 g/mol. The molecule has 0 saturated heterocycles. The Balaban J connectivity index is 1.41. The van der Waals surface area contributed by atoms with Crippen LogP contribution in [0.5, 0.6) is 0 Å². The highest BCUT2D eigenvalue weighted by molar-refractivity contribution is 6.00. The summed E-state index contributed by atoms with van der Waals surface area (Å²) in [4.78, 5) is 17.2. The third-order valence-electron chi connectivity index (χ3n) is 5.35. The zero-order valence-electron chi connectivity index (χ0n) is 17.4. The van der Waals surface area contributed by atoms with Gasteiger partial charge >= 0.3 is 6.03 Å². The predicted molar refractivity (Wildman–Crippen MR) is 123 cm³/mol. The minimum Gasteiger partial charge on any atom is -0.331 e. The molecule has 0 aliphatic carbocycles. The Morgan fingerprint density at radius 2 is 1.73 bits per heavy atom. The number of carbonyl (C=O) groups excluding carboxylic acids is 1. The van der Waals surface area contributed by atoms with Gasteiger partial charge in [-0.25, -0.2) is 9.78 Å². The number of hydrogen-bond donors (Lipinski definition) is 2. The van der Waals surface area contributed by atoms with E-state index in [1.54, 1.807) is 0 Å². The molecule has 1 aromatic heterocycles. The van der Waals surface area contributed by atoms with Gasteiger partial charge in [-0.2, -0.15) is 0 Å². The Labute approximate surface area is 176 Å². The van der Waals surface area contributed by atoms with Crippen LogP contribution in [0, 0.1) is 0 Å². The first-order chi connectivity index (χ1) is 14.6. The number of carbonyl (C=O) groups is 1. The molecular formula is C25H26N4O. The van der Waals surface area contributed by atoms with E-state index in [-0.39, 0.29) is 6.03 Å². The minimum absolute atomic E-state index is 0.233. The van der Waals surface area contributed by atoms with Gasteiger partial charge in [0.15, 0.2) is 0 Å². The third kappa shape index (κ3) is 4.35. The lowest BCUT2D eigenvalue weighted by Crippen LogP contribution is -2.20. The number of aromatic nitrogens is 2. The van der Waals surface area contributed by atoms with Gasteiger partial charge in [-0.15, -0.1) is 0 Å². The molecule has 4 aromatic rings. The molecule has 0 spiro atoms. The average molecular weight is 399 g/mol. The summed E-state index contributed by atoms with van der Waals surface area (Å²) in [6.45, 7) is 2.08. The molecule has 3 aromatic carbocycles. The van der Waals surface area contributed by atoms with Crippen LogP contribution in [0.15, 0.2) is 72.8 Å². The molecule has 0 fully saturated rings. The summed E-state index contributed by atoms with van der Waals surface area (Å²) < 4.78 is 2.15. The van der Waals surface area contributed by atoms with Crippen molar-refractivity contribution in [3.05, 3.63) is 89.7 Å². The SMILES string of the molecule is CCc1ccccc1NC(=O)Nc1cccc(CCc2nc3ccccc3n2C)c1. The van der Waals surface area contributed by atoms with E-state index in [1.807, 2.05) is 60.7 Å². The second-order valence-corrected chi connectivity index (χ2v) is 7.37. The zero-order valence-corrected chi connectivity index (χ0v) is 17.4. The van der Waals surface area contributed by atoms with E-state index in [9.17, 15) is 4.79 Å². The number of anilines is 2. The summed E-state index contributed by atoms with van der Waals surface area (Å²) in [6.07, 6.45) is 2.56. The van der Waals surface area contributed by atoms with E-state index >= 15 is 0 Å². The van der Waals surface area contributed by atoms with Gasteiger partial charge in [-0.05, 0) is 54.3 Å². The third-order valence-corrected chi connectivity index (χ3v) is 5.35. The summed E-state index contributed by atoms with van der Waals surface area (Å²) in [6, 6.07) is 23.8. The summed E-state index contributed by atoms with van der Waals surface area (Å²) >= 11 is 0. The van der Waals surface area contributed by atoms with Crippen molar-refractivity contribution in [3.63, 3.8) is 0 Å². The lowest BCUT2D eigenvalue weighted by atomic mass is 10.1. The van der Waals surface area contributed by atoms with Crippen molar-refractivity contribution in [3.8, 4) is 0 Å². The molecule has 5 nitrogen and oxygen atoms in total. The first-order valence-electron chi connectivity index (χ1n) is 10.3. The van der Waals surface area contributed by atoms with Crippen LogP contribution in [-0.2, 0) is 26.3 Å². The fourth-order valence-electron chi connectivity index (χ4n) is 3.71. The first kappa shape index (κ1) is 19.7. The molecule has 5 heteroatoms. The number of hydrogen-bond acceptors (Lipinski definition) is 2. The van der Waals surface area contributed by atoms with Crippen molar-refractivity contribution in [2.45, 2.75) is 26.2 Å². The summed E-state index contributed by atoms with van der Waals surface area (Å²) in [5.74, 6) is 1.06. The highest BCUT2D eigenvalue weighted by Gasteiger charge is 2.09. The normalized spacial score (nSPS) is 10.9. The van der Waals surface area contributed by atoms with Gasteiger partial charge in [0, 0.05) is 24.8 Å². The van der Waals surface area contributed by atoms with Crippen molar-refractivity contribution in [1.82, 2.24) is 9.55 Å². The van der Waals surface area contributed by atoms with Gasteiger partial charge in [0.2, 0.25) is 0 Å². The lowest BCUT2D eigenvalue weighted by molar-refractivity contribution is 0.262. The largest absolute Gasteiger partial charge is 0.331 e. The molecule has 0 saturated carbocycles. The summed E-state index contributed by atoms with van der Waals surface area (Å²) in [7, 11) is 2.06. The molecule has 152 valence electrons. The van der Waals surface area contributed by atoms with Crippen LogP contribution in [-0.4, -0.2) is 15.6 Å². The highest BCUT2D eigenvalue weighted by Crippen LogP contribution is 2.19. The standard InChI is InChI=1S/C25H26N4O/c1-3-19-10-4-5-12-21(19)28-25(30)26-20-11-8-9-18(17-20)15-16-24-27-22-13-6-7-14-23(22)29(24)2/h4-14,17H,3,15-16H2,1-2H3,(H2,26,28,30). The smallest absolute Gasteiger partial charge is 0.323 e. The Morgan fingerprint density at radius 3 is 2.57 bits per heavy atom. The van der Waals surface area contributed by atoms with Crippen molar-refractivity contribution in [2.75, 3.05) is 10.6 Å². The van der Waals surface area contributed by atoms with Crippen LogP contribution in [0.2, 0.25) is 0 Å². The fraction of sp³-hybridized carbons (Fsp3) is 0.200. The van der Waals surface area contributed by atoms with Crippen LogP contribution in [0.1, 0.15) is 23.9 Å². The van der Waals surface area contributed by atoms with Gasteiger partial charge in [0.25, 0.3) is 0 Å². The molecule has 4 rings (SSSR count). The van der Waals surface area contributed by atoms with Crippen LogP contribution >= 0.6 is 0 Å². The Bertz CT molecular complexity index is 1180. The number of urea groups is 1. The van der Waals surface area contributed by atoms with Crippen LogP contribution in [0.4, 0.5) is 16.2 Å². The Kier molecular flexibility index (Phi) is 5.80. The lowest BCUT2D eigenvalue weighted by Gasteiger charge is -2.11. The molecule has 0 bridgehead atoms. The van der Waals surface area contributed by atoms with Gasteiger partial charge < -0.3 is 15.2 Å². The second-order valence-electron chi connectivity index (χ2n) is 7.37. The van der Waals surface area contributed by atoms with Gasteiger partial charge in [0.05, 0.1) is 11.0 Å². The first-order valence-corrected chi connectivity index (χ1v) is 10.3. The van der Waals surface area contributed by atoms with E-state index in [2.05, 4.69) is 41.3 Å². The van der Waals surface area contributed by atoms with E-state index in [4.69, 9.17) is 4.98 Å². The van der Waals surface area contributed by atoms with E-state index < -0.39 is 0 Å². The van der Waals surface area contributed by atoms with Gasteiger partial charge in [-0.1, -0.05) is 49.4 Å². The Morgan fingerprint density at radius 1 is 0.933 bits per heavy atom. The topological polar surface area (TPSA) is 59.0 Å². The number of nitrogens with one attached hydrogen (secondary N) is 2. The molecule has 0 aliphatic heterocycles. The Hall–Kier alpha value is -3.60. The minimum atomic E-state index is -0.233. The van der Waals surface area contributed by atoms with Crippen molar-refractivity contribution >= 4 is 28.4 Å². The summed E-state index contributed by atoms with van der Waals surface area (Å²) in [5, 5.41) is 5.89. The van der Waals surface area contributed by atoms with Crippen molar-refractivity contribution in [2.24, 2.45) is 7.05 Å².